The quantitative estimate of drug-likeness (QED) is 0.790. The standard InChI is InChI=1S/C13H14N4O3S/c1-9(18)16-11-3-5-12(6-4-11)21(19,20)17-13-7-2-10(14)8-15-13/h2-8H,14H2,1H3,(H,15,17)(H,16,18). The van der Waals surface area contributed by atoms with Gasteiger partial charge in [-0.05, 0) is 36.4 Å². The predicted molar refractivity (Wildman–Crippen MR) is 80.2 cm³/mol. The minimum atomic E-state index is -3.74. The van der Waals surface area contributed by atoms with E-state index in [2.05, 4.69) is 15.0 Å². The molecule has 2 rings (SSSR count). The Morgan fingerprint density at radius 3 is 2.33 bits per heavy atom. The van der Waals surface area contributed by atoms with E-state index in [4.69, 9.17) is 5.73 Å². The number of aromatic nitrogens is 1. The molecule has 1 aromatic heterocycles. The Morgan fingerprint density at radius 1 is 1.14 bits per heavy atom. The van der Waals surface area contributed by atoms with Crippen molar-refractivity contribution in [1.82, 2.24) is 4.98 Å². The van der Waals surface area contributed by atoms with Crippen LogP contribution in [-0.2, 0) is 14.8 Å². The first-order valence-electron chi connectivity index (χ1n) is 5.99. The molecule has 1 amide bonds. The molecule has 0 unspecified atom stereocenters. The molecule has 0 aliphatic heterocycles. The smallest absolute Gasteiger partial charge is 0.263 e. The number of anilines is 3. The highest BCUT2D eigenvalue weighted by molar-refractivity contribution is 7.92. The minimum absolute atomic E-state index is 0.0650. The summed E-state index contributed by atoms with van der Waals surface area (Å²) in [6.07, 6.45) is 1.36. The zero-order valence-electron chi connectivity index (χ0n) is 11.2. The molecule has 0 saturated carbocycles. The zero-order chi connectivity index (χ0) is 15.5. The van der Waals surface area contributed by atoms with Gasteiger partial charge in [-0.2, -0.15) is 0 Å². The number of sulfonamides is 1. The molecule has 0 spiro atoms. The Labute approximate surface area is 122 Å². The number of rotatable bonds is 4. The van der Waals surface area contributed by atoms with Crippen molar-refractivity contribution in [2.75, 3.05) is 15.8 Å². The van der Waals surface area contributed by atoms with E-state index in [1.54, 1.807) is 6.07 Å². The fraction of sp³-hybridized carbons (Fsp3) is 0.0769. The van der Waals surface area contributed by atoms with Crippen LogP contribution >= 0.6 is 0 Å². The van der Waals surface area contributed by atoms with Crippen LogP contribution in [0.15, 0.2) is 47.5 Å². The van der Waals surface area contributed by atoms with Crippen molar-refractivity contribution in [2.45, 2.75) is 11.8 Å². The summed E-state index contributed by atoms with van der Waals surface area (Å²) >= 11 is 0. The molecule has 4 N–H and O–H groups in total. The van der Waals surface area contributed by atoms with Crippen molar-refractivity contribution in [2.24, 2.45) is 0 Å². The number of nitrogens with two attached hydrogens (primary N) is 1. The molecular formula is C13H14N4O3S. The summed E-state index contributed by atoms with van der Waals surface area (Å²) in [6.45, 7) is 1.37. The largest absolute Gasteiger partial charge is 0.397 e. The molecule has 0 saturated heterocycles. The second kappa shape index (κ2) is 5.80. The van der Waals surface area contributed by atoms with Gasteiger partial charge in [-0.25, -0.2) is 13.4 Å². The first kappa shape index (κ1) is 14.8. The molecule has 110 valence electrons. The summed E-state index contributed by atoms with van der Waals surface area (Å²) in [5.74, 6) is -0.0510. The third-order valence-corrected chi connectivity index (χ3v) is 3.88. The molecule has 7 nitrogen and oxygen atoms in total. The van der Waals surface area contributed by atoms with Crippen LogP contribution in [-0.4, -0.2) is 19.3 Å². The lowest BCUT2D eigenvalue weighted by Crippen LogP contribution is -2.14. The summed E-state index contributed by atoms with van der Waals surface area (Å²) < 4.78 is 26.6. The SMILES string of the molecule is CC(=O)Nc1ccc(S(=O)(=O)Nc2ccc(N)cn2)cc1. The fourth-order valence-electron chi connectivity index (χ4n) is 1.58. The third-order valence-electron chi connectivity index (χ3n) is 2.51. The molecule has 1 heterocycles. The van der Waals surface area contributed by atoms with Crippen molar-refractivity contribution in [3.8, 4) is 0 Å². The van der Waals surface area contributed by atoms with E-state index in [1.165, 1.54) is 43.5 Å². The highest BCUT2D eigenvalue weighted by atomic mass is 32.2. The lowest BCUT2D eigenvalue weighted by Gasteiger charge is -2.08. The molecule has 0 aliphatic carbocycles. The van der Waals surface area contributed by atoms with E-state index >= 15 is 0 Å². The lowest BCUT2D eigenvalue weighted by atomic mass is 10.3. The van der Waals surface area contributed by atoms with Crippen LogP contribution in [0.2, 0.25) is 0 Å². The number of nitrogens with one attached hydrogen (secondary N) is 2. The Hall–Kier alpha value is -2.61. The van der Waals surface area contributed by atoms with E-state index in [0.29, 0.717) is 11.4 Å². The van der Waals surface area contributed by atoms with Gasteiger partial charge in [0, 0.05) is 12.6 Å². The van der Waals surface area contributed by atoms with Crippen molar-refractivity contribution >= 4 is 33.1 Å². The Balaban J connectivity index is 2.19. The topological polar surface area (TPSA) is 114 Å². The number of hydrogen-bond acceptors (Lipinski definition) is 5. The number of nitrogen functional groups attached to an aromatic ring is 1. The highest BCUT2D eigenvalue weighted by Crippen LogP contribution is 2.17. The van der Waals surface area contributed by atoms with E-state index < -0.39 is 10.0 Å². The van der Waals surface area contributed by atoms with Crippen molar-refractivity contribution < 1.29 is 13.2 Å². The highest BCUT2D eigenvalue weighted by Gasteiger charge is 2.14. The molecule has 21 heavy (non-hydrogen) atoms. The molecule has 1 aromatic carbocycles. The predicted octanol–water partition coefficient (Wildman–Crippen LogP) is 1.42. The number of pyridine rings is 1. The first-order valence-corrected chi connectivity index (χ1v) is 7.47. The molecule has 0 fully saturated rings. The second-order valence-electron chi connectivity index (χ2n) is 4.29. The molecule has 0 aliphatic rings. The molecule has 8 heteroatoms. The second-order valence-corrected chi connectivity index (χ2v) is 5.97. The van der Waals surface area contributed by atoms with Gasteiger partial charge in [0.15, 0.2) is 0 Å². The average molecular weight is 306 g/mol. The summed E-state index contributed by atoms with van der Waals surface area (Å²) in [7, 11) is -3.74. The van der Waals surface area contributed by atoms with Gasteiger partial charge in [-0.15, -0.1) is 0 Å². The minimum Gasteiger partial charge on any atom is -0.397 e. The number of nitrogens with zero attached hydrogens (tertiary/aromatic N) is 1. The summed E-state index contributed by atoms with van der Waals surface area (Å²) in [5, 5.41) is 2.56. The number of carbonyl (C=O) groups excluding carboxylic acids is 1. The van der Waals surface area contributed by atoms with Gasteiger partial charge < -0.3 is 11.1 Å². The molecule has 0 atom stereocenters. The van der Waals surface area contributed by atoms with Gasteiger partial charge in [0.05, 0.1) is 16.8 Å². The van der Waals surface area contributed by atoms with Crippen molar-refractivity contribution in [3.63, 3.8) is 0 Å². The molecular weight excluding hydrogens is 292 g/mol. The summed E-state index contributed by atoms with van der Waals surface area (Å²) in [5.41, 5.74) is 6.45. The van der Waals surface area contributed by atoms with E-state index in [1.807, 2.05) is 0 Å². The van der Waals surface area contributed by atoms with Crippen LogP contribution in [0.1, 0.15) is 6.92 Å². The first-order chi connectivity index (χ1) is 9.87. The van der Waals surface area contributed by atoms with Gasteiger partial charge in [0.1, 0.15) is 5.82 Å². The normalized spacial score (nSPS) is 10.9. The average Bonchev–Trinajstić information content (AvgIpc) is 2.41. The Kier molecular flexibility index (Phi) is 4.08. The number of carbonyl (C=O) groups is 1. The number of amides is 1. The monoisotopic (exact) mass is 306 g/mol. The maximum Gasteiger partial charge on any atom is 0.263 e. The van der Waals surface area contributed by atoms with Gasteiger partial charge in [0.2, 0.25) is 5.91 Å². The summed E-state index contributed by atoms with van der Waals surface area (Å²) in [4.78, 5) is 14.8. The van der Waals surface area contributed by atoms with E-state index in [9.17, 15) is 13.2 Å². The van der Waals surface area contributed by atoms with Gasteiger partial charge in [-0.1, -0.05) is 0 Å². The van der Waals surface area contributed by atoms with Crippen molar-refractivity contribution in [1.29, 1.82) is 0 Å². The van der Waals surface area contributed by atoms with Crippen molar-refractivity contribution in [3.05, 3.63) is 42.6 Å². The van der Waals surface area contributed by atoms with Gasteiger partial charge >= 0.3 is 0 Å². The molecule has 0 bridgehead atoms. The lowest BCUT2D eigenvalue weighted by molar-refractivity contribution is -0.114. The van der Waals surface area contributed by atoms with E-state index in [0.717, 1.165) is 0 Å². The summed E-state index contributed by atoms with van der Waals surface area (Å²) in [6, 6.07) is 8.82. The van der Waals surface area contributed by atoms with Crippen LogP contribution in [0.4, 0.5) is 17.2 Å². The molecule has 2 aromatic rings. The van der Waals surface area contributed by atoms with Gasteiger partial charge in [-0.3, -0.25) is 9.52 Å². The Morgan fingerprint density at radius 2 is 1.81 bits per heavy atom. The zero-order valence-corrected chi connectivity index (χ0v) is 12.0. The fourth-order valence-corrected chi connectivity index (χ4v) is 2.59. The van der Waals surface area contributed by atoms with Crippen LogP contribution in [0.3, 0.4) is 0 Å². The van der Waals surface area contributed by atoms with Crippen LogP contribution in [0.5, 0.6) is 0 Å². The van der Waals surface area contributed by atoms with Crippen LogP contribution in [0, 0.1) is 0 Å². The number of hydrogen-bond donors (Lipinski definition) is 3. The van der Waals surface area contributed by atoms with Crippen LogP contribution < -0.4 is 15.8 Å². The third kappa shape index (κ3) is 3.93. The Bertz CT molecular complexity index is 740. The van der Waals surface area contributed by atoms with Gasteiger partial charge in [0.25, 0.3) is 10.0 Å². The maximum atomic E-state index is 12.2. The van der Waals surface area contributed by atoms with E-state index in [-0.39, 0.29) is 16.6 Å². The molecule has 0 radical (unpaired) electrons. The number of benzene rings is 1. The van der Waals surface area contributed by atoms with Crippen LogP contribution in [0.25, 0.3) is 0 Å². The maximum absolute atomic E-state index is 12.2.